The molecule has 0 unspecified atom stereocenters. The summed E-state index contributed by atoms with van der Waals surface area (Å²) in [6.45, 7) is 0. The smallest absolute Gasteiger partial charge is 0.214 e. The Hall–Kier alpha value is -1.91. The van der Waals surface area contributed by atoms with E-state index in [1.54, 1.807) is 30.5 Å². The molecule has 2 heterocycles. The van der Waals surface area contributed by atoms with Gasteiger partial charge in [0.25, 0.3) is 0 Å². The standard InChI is InChI=1S/C13H9Cl2N3O/c14-6-1-2-7(9(15)5-6)11-12-8(3-4-18-11)10(16)13(17)19-12/h1-5H,16-17H2. The number of hydrogen-bond acceptors (Lipinski definition) is 4. The van der Waals surface area contributed by atoms with Crippen molar-refractivity contribution in [1.29, 1.82) is 0 Å². The maximum Gasteiger partial charge on any atom is 0.214 e. The van der Waals surface area contributed by atoms with Crippen LogP contribution in [0.1, 0.15) is 0 Å². The second-order valence-electron chi connectivity index (χ2n) is 4.04. The summed E-state index contributed by atoms with van der Waals surface area (Å²) in [5.41, 5.74) is 13.8. The number of anilines is 2. The number of aromatic nitrogens is 1. The van der Waals surface area contributed by atoms with E-state index in [1.807, 2.05) is 0 Å². The molecule has 0 saturated heterocycles. The third kappa shape index (κ3) is 1.89. The Labute approximate surface area is 118 Å². The van der Waals surface area contributed by atoms with Crippen molar-refractivity contribution in [1.82, 2.24) is 4.98 Å². The summed E-state index contributed by atoms with van der Waals surface area (Å²) in [4.78, 5) is 4.29. The lowest BCUT2D eigenvalue weighted by Gasteiger charge is -2.04. The van der Waals surface area contributed by atoms with E-state index in [4.69, 9.17) is 39.1 Å². The number of benzene rings is 1. The van der Waals surface area contributed by atoms with Crippen LogP contribution in [0.15, 0.2) is 34.9 Å². The van der Waals surface area contributed by atoms with Crippen molar-refractivity contribution in [2.45, 2.75) is 0 Å². The summed E-state index contributed by atoms with van der Waals surface area (Å²) in [5.74, 6) is 0.175. The van der Waals surface area contributed by atoms with E-state index in [9.17, 15) is 0 Å². The highest BCUT2D eigenvalue weighted by Gasteiger charge is 2.16. The van der Waals surface area contributed by atoms with E-state index in [1.165, 1.54) is 0 Å². The molecule has 0 spiro atoms. The second-order valence-corrected chi connectivity index (χ2v) is 4.88. The molecule has 0 aliphatic carbocycles. The third-order valence-electron chi connectivity index (χ3n) is 2.86. The first kappa shape index (κ1) is 12.1. The van der Waals surface area contributed by atoms with E-state index < -0.39 is 0 Å². The number of rotatable bonds is 1. The summed E-state index contributed by atoms with van der Waals surface area (Å²) in [6.07, 6.45) is 1.63. The topological polar surface area (TPSA) is 78.1 Å². The molecule has 2 aromatic heterocycles. The SMILES string of the molecule is Nc1oc2c(-c3ccc(Cl)cc3Cl)nccc2c1N. The highest BCUT2D eigenvalue weighted by molar-refractivity contribution is 6.36. The van der Waals surface area contributed by atoms with Gasteiger partial charge in [-0.05, 0) is 24.3 Å². The van der Waals surface area contributed by atoms with Crippen molar-refractivity contribution in [2.24, 2.45) is 0 Å². The Kier molecular flexibility index (Phi) is 2.77. The largest absolute Gasteiger partial charge is 0.436 e. The molecule has 3 aromatic rings. The zero-order chi connectivity index (χ0) is 13.6. The maximum atomic E-state index is 6.18. The van der Waals surface area contributed by atoms with Crippen LogP contribution >= 0.6 is 23.2 Å². The number of nitrogens with two attached hydrogens (primary N) is 2. The molecular formula is C13H9Cl2N3O. The highest BCUT2D eigenvalue weighted by atomic mass is 35.5. The molecule has 0 aliphatic rings. The molecule has 4 nitrogen and oxygen atoms in total. The van der Waals surface area contributed by atoms with Crippen LogP contribution in [-0.4, -0.2) is 4.98 Å². The van der Waals surface area contributed by atoms with Gasteiger partial charge in [0.2, 0.25) is 5.88 Å². The minimum Gasteiger partial charge on any atom is -0.436 e. The molecule has 96 valence electrons. The average Bonchev–Trinajstić information content (AvgIpc) is 2.66. The molecule has 0 fully saturated rings. The van der Waals surface area contributed by atoms with Gasteiger partial charge < -0.3 is 15.9 Å². The summed E-state index contributed by atoms with van der Waals surface area (Å²) < 4.78 is 5.47. The predicted molar refractivity (Wildman–Crippen MR) is 78.3 cm³/mol. The van der Waals surface area contributed by atoms with Crippen LogP contribution in [-0.2, 0) is 0 Å². The van der Waals surface area contributed by atoms with Crippen LogP contribution in [0.2, 0.25) is 10.0 Å². The number of furan rings is 1. The zero-order valence-corrected chi connectivity index (χ0v) is 11.2. The van der Waals surface area contributed by atoms with Gasteiger partial charge in [0.05, 0.1) is 5.02 Å². The van der Waals surface area contributed by atoms with Crippen LogP contribution in [0.3, 0.4) is 0 Å². The lowest BCUT2D eigenvalue weighted by atomic mass is 10.1. The van der Waals surface area contributed by atoms with E-state index in [0.29, 0.717) is 38.0 Å². The lowest BCUT2D eigenvalue weighted by molar-refractivity contribution is 0.638. The monoisotopic (exact) mass is 293 g/mol. The summed E-state index contributed by atoms with van der Waals surface area (Å²) in [6, 6.07) is 6.91. The fraction of sp³-hybridized carbons (Fsp3) is 0. The van der Waals surface area contributed by atoms with Gasteiger partial charge in [-0.2, -0.15) is 0 Å². The minimum absolute atomic E-state index is 0.175. The maximum absolute atomic E-state index is 6.18. The number of nitrogens with zero attached hydrogens (tertiary/aromatic N) is 1. The molecule has 19 heavy (non-hydrogen) atoms. The number of halogens is 2. The summed E-state index contributed by atoms with van der Waals surface area (Å²) in [7, 11) is 0. The van der Waals surface area contributed by atoms with E-state index in [2.05, 4.69) is 4.98 Å². The third-order valence-corrected chi connectivity index (χ3v) is 3.41. The summed E-state index contributed by atoms with van der Waals surface area (Å²) >= 11 is 12.1. The highest BCUT2D eigenvalue weighted by Crippen LogP contribution is 2.38. The fourth-order valence-corrected chi connectivity index (χ4v) is 2.43. The minimum atomic E-state index is 0.175. The van der Waals surface area contributed by atoms with Crippen molar-refractivity contribution >= 4 is 45.7 Å². The second kappa shape index (κ2) is 4.33. The van der Waals surface area contributed by atoms with Crippen molar-refractivity contribution in [3.63, 3.8) is 0 Å². The predicted octanol–water partition coefficient (Wildman–Crippen LogP) is 3.97. The van der Waals surface area contributed by atoms with Crippen LogP contribution in [0.5, 0.6) is 0 Å². The molecule has 0 aliphatic heterocycles. The van der Waals surface area contributed by atoms with Crippen molar-refractivity contribution < 1.29 is 4.42 Å². The molecule has 0 bridgehead atoms. The molecule has 1 aromatic carbocycles. The lowest BCUT2D eigenvalue weighted by Crippen LogP contribution is -1.89. The molecule has 0 saturated carbocycles. The van der Waals surface area contributed by atoms with E-state index in [0.717, 1.165) is 0 Å². The molecule has 0 amide bonds. The first-order chi connectivity index (χ1) is 9.08. The Morgan fingerprint density at radius 3 is 2.63 bits per heavy atom. The zero-order valence-electron chi connectivity index (χ0n) is 9.65. The first-order valence-corrected chi connectivity index (χ1v) is 6.21. The van der Waals surface area contributed by atoms with E-state index >= 15 is 0 Å². The van der Waals surface area contributed by atoms with Crippen LogP contribution < -0.4 is 11.5 Å². The number of hydrogen-bond donors (Lipinski definition) is 2. The molecule has 6 heteroatoms. The summed E-state index contributed by atoms with van der Waals surface area (Å²) in [5, 5.41) is 1.76. The Morgan fingerprint density at radius 2 is 1.89 bits per heavy atom. The van der Waals surface area contributed by atoms with Crippen molar-refractivity contribution in [3.8, 4) is 11.3 Å². The normalized spacial score (nSPS) is 11.1. The molecular weight excluding hydrogens is 285 g/mol. The Bertz CT molecular complexity index is 783. The van der Waals surface area contributed by atoms with Gasteiger partial charge >= 0.3 is 0 Å². The van der Waals surface area contributed by atoms with Crippen LogP contribution in [0.25, 0.3) is 22.2 Å². The number of nitrogen functional groups attached to an aromatic ring is 2. The quantitative estimate of drug-likeness (QED) is 0.712. The van der Waals surface area contributed by atoms with Gasteiger partial charge in [0, 0.05) is 22.2 Å². The van der Waals surface area contributed by atoms with E-state index in [-0.39, 0.29) is 5.88 Å². The first-order valence-electron chi connectivity index (χ1n) is 5.46. The molecule has 0 atom stereocenters. The van der Waals surface area contributed by atoms with Gasteiger partial charge in [-0.25, -0.2) is 0 Å². The van der Waals surface area contributed by atoms with Gasteiger partial charge in [0.15, 0.2) is 5.58 Å². The Balaban J connectivity index is 2.33. The van der Waals surface area contributed by atoms with Crippen LogP contribution in [0, 0.1) is 0 Å². The Morgan fingerprint density at radius 1 is 1.11 bits per heavy atom. The van der Waals surface area contributed by atoms with Gasteiger partial charge in [-0.3, -0.25) is 4.98 Å². The molecule has 0 radical (unpaired) electrons. The van der Waals surface area contributed by atoms with Gasteiger partial charge in [-0.15, -0.1) is 0 Å². The van der Waals surface area contributed by atoms with Crippen LogP contribution in [0.4, 0.5) is 11.6 Å². The molecule has 4 N–H and O–H groups in total. The van der Waals surface area contributed by atoms with Gasteiger partial charge in [-0.1, -0.05) is 23.2 Å². The van der Waals surface area contributed by atoms with Crippen molar-refractivity contribution in [3.05, 3.63) is 40.5 Å². The average molecular weight is 294 g/mol. The number of fused-ring (bicyclic) bond motifs is 1. The number of pyridine rings is 1. The van der Waals surface area contributed by atoms with Gasteiger partial charge in [0.1, 0.15) is 11.4 Å². The van der Waals surface area contributed by atoms with Crippen molar-refractivity contribution in [2.75, 3.05) is 11.5 Å². The fourth-order valence-electron chi connectivity index (χ4n) is 1.93. The molecule has 3 rings (SSSR count).